The third kappa shape index (κ3) is 5.06. The van der Waals surface area contributed by atoms with E-state index in [-0.39, 0.29) is 23.5 Å². The highest BCUT2D eigenvalue weighted by atomic mass is 35.5. The number of para-hydroxylation sites is 1. The number of halogens is 2. The van der Waals surface area contributed by atoms with Gasteiger partial charge < -0.3 is 10.2 Å². The van der Waals surface area contributed by atoms with Crippen molar-refractivity contribution in [1.29, 1.82) is 0 Å². The van der Waals surface area contributed by atoms with Gasteiger partial charge in [0, 0.05) is 23.2 Å². The van der Waals surface area contributed by atoms with Crippen LogP contribution in [0.5, 0.6) is 0 Å². The molecule has 0 atom stereocenters. The second-order valence-electron chi connectivity index (χ2n) is 6.57. The minimum atomic E-state index is -0.442. The van der Waals surface area contributed by atoms with Crippen molar-refractivity contribution in [3.05, 3.63) is 99.5 Å². The molecule has 152 valence electrons. The van der Waals surface area contributed by atoms with Crippen molar-refractivity contribution >= 4 is 46.5 Å². The Bertz CT molecular complexity index is 1100. The van der Waals surface area contributed by atoms with E-state index in [0.29, 0.717) is 21.3 Å². The molecule has 0 heterocycles. The highest BCUT2D eigenvalue weighted by Crippen LogP contribution is 2.21. The first kappa shape index (κ1) is 21.6. The molecule has 0 bridgehead atoms. The molecule has 0 radical (unpaired) electrons. The van der Waals surface area contributed by atoms with E-state index >= 15 is 0 Å². The quantitative estimate of drug-likeness (QED) is 0.552. The van der Waals surface area contributed by atoms with Crippen molar-refractivity contribution in [3.63, 3.8) is 0 Å². The zero-order valence-corrected chi connectivity index (χ0v) is 17.6. The van der Waals surface area contributed by atoms with Gasteiger partial charge in [0.2, 0.25) is 5.91 Å². The minimum Gasteiger partial charge on any atom is -0.332 e. The van der Waals surface area contributed by atoms with Crippen molar-refractivity contribution < 1.29 is 14.4 Å². The smallest absolute Gasteiger partial charge is 0.254 e. The number of carbonyl (C=O) groups excluding carboxylic acids is 3. The van der Waals surface area contributed by atoms with Crippen LogP contribution in [0.25, 0.3) is 0 Å². The maximum atomic E-state index is 13.0. The fourth-order valence-corrected chi connectivity index (χ4v) is 3.18. The Hall–Kier alpha value is -3.15. The summed E-state index contributed by atoms with van der Waals surface area (Å²) < 4.78 is 0. The third-order valence-electron chi connectivity index (χ3n) is 4.38. The molecule has 3 rings (SSSR count). The summed E-state index contributed by atoms with van der Waals surface area (Å²) in [4.78, 5) is 39.4. The van der Waals surface area contributed by atoms with Crippen LogP contribution in [0.3, 0.4) is 0 Å². The number of likely N-dealkylation sites (N-methyl/N-ethyl adjacent to an activating group) is 1. The summed E-state index contributed by atoms with van der Waals surface area (Å²) in [5.41, 5.74) is 1.34. The summed E-state index contributed by atoms with van der Waals surface area (Å²) in [6.07, 6.45) is 0. The molecule has 0 spiro atoms. The number of anilines is 1. The summed E-state index contributed by atoms with van der Waals surface area (Å²) in [5, 5.41) is 3.59. The predicted octanol–water partition coefficient (Wildman–Crippen LogP) is 4.94. The highest BCUT2D eigenvalue weighted by Gasteiger charge is 2.22. The molecule has 3 aromatic rings. The molecular formula is C23H18Cl2N2O3. The van der Waals surface area contributed by atoms with Crippen molar-refractivity contribution in [2.45, 2.75) is 0 Å². The largest absolute Gasteiger partial charge is 0.332 e. The zero-order chi connectivity index (χ0) is 21.7. The third-order valence-corrected chi connectivity index (χ3v) is 4.97. The molecule has 0 aliphatic rings. The van der Waals surface area contributed by atoms with Crippen molar-refractivity contribution in [2.24, 2.45) is 0 Å². The Balaban J connectivity index is 1.76. The van der Waals surface area contributed by atoms with Gasteiger partial charge in [-0.15, -0.1) is 0 Å². The first-order chi connectivity index (χ1) is 14.4. The number of benzene rings is 3. The molecule has 0 fully saturated rings. The van der Waals surface area contributed by atoms with Gasteiger partial charge in [-0.05, 0) is 42.5 Å². The van der Waals surface area contributed by atoms with E-state index in [2.05, 4.69) is 5.32 Å². The van der Waals surface area contributed by atoms with Gasteiger partial charge in [-0.1, -0.05) is 53.5 Å². The van der Waals surface area contributed by atoms with Gasteiger partial charge in [-0.25, -0.2) is 0 Å². The number of ketones is 1. The molecule has 0 saturated heterocycles. The van der Waals surface area contributed by atoms with Gasteiger partial charge in [-0.2, -0.15) is 0 Å². The van der Waals surface area contributed by atoms with Crippen LogP contribution in [-0.2, 0) is 4.79 Å². The molecule has 0 aromatic heterocycles. The van der Waals surface area contributed by atoms with Gasteiger partial charge >= 0.3 is 0 Å². The molecule has 0 aliphatic heterocycles. The minimum absolute atomic E-state index is 0.201. The number of rotatable bonds is 6. The van der Waals surface area contributed by atoms with Gasteiger partial charge in [0.05, 0.1) is 22.8 Å². The maximum Gasteiger partial charge on any atom is 0.254 e. The summed E-state index contributed by atoms with van der Waals surface area (Å²) in [7, 11) is 1.50. The normalized spacial score (nSPS) is 10.4. The van der Waals surface area contributed by atoms with E-state index in [1.165, 1.54) is 11.9 Å². The monoisotopic (exact) mass is 440 g/mol. The number of hydrogen-bond acceptors (Lipinski definition) is 3. The molecule has 7 heteroatoms. The Kier molecular flexibility index (Phi) is 6.87. The van der Waals surface area contributed by atoms with Crippen LogP contribution >= 0.6 is 23.2 Å². The average molecular weight is 441 g/mol. The second-order valence-corrected chi connectivity index (χ2v) is 7.41. The van der Waals surface area contributed by atoms with Crippen LogP contribution in [0, 0.1) is 0 Å². The van der Waals surface area contributed by atoms with E-state index in [9.17, 15) is 14.4 Å². The van der Waals surface area contributed by atoms with Crippen LogP contribution in [0.4, 0.5) is 5.69 Å². The predicted molar refractivity (Wildman–Crippen MR) is 118 cm³/mol. The number of carbonyl (C=O) groups is 3. The molecule has 1 N–H and O–H groups in total. The fourth-order valence-electron chi connectivity index (χ4n) is 2.87. The van der Waals surface area contributed by atoms with Crippen molar-refractivity contribution in [2.75, 3.05) is 18.9 Å². The maximum absolute atomic E-state index is 13.0. The first-order valence-electron chi connectivity index (χ1n) is 9.06. The lowest BCUT2D eigenvalue weighted by Gasteiger charge is -2.18. The standard InChI is InChI=1S/C23H18Cl2N2O3/c1-27(14-21(28)26-20-9-5-4-8-19(20)25)23(30)18-7-3-2-6-17(18)22(29)15-10-12-16(24)13-11-15/h2-13H,14H2,1H3,(H,26,28). The lowest BCUT2D eigenvalue weighted by molar-refractivity contribution is -0.116. The van der Waals surface area contributed by atoms with Gasteiger partial charge in [0.1, 0.15) is 0 Å². The van der Waals surface area contributed by atoms with Gasteiger partial charge in [0.25, 0.3) is 5.91 Å². The number of amides is 2. The summed E-state index contributed by atoms with van der Waals surface area (Å²) in [6.45, 7) is -0.201. The molecule has 2 amide bonds. The Morgan fingerprint density at radius 1 is 0.833 bits per heavy atom. The zero-order valence-electron chi connectivity index (χ0n) is 16.1. The van der Waals surface area contributed by atoms with E-state index in [0.717, 1.165) is 0 Å². The summed E-state index contributed by atoms with van der Waals surface area (Å²) >= 11 is 11.9. The van der Waals surface area contributed by atoms with Gasteiger partial charge in [-0.3, -0.25) is 14.4 Å². The fraction of sp³-hybridized carbons (Fsp3) is 0.0870. The Morgan fingerprint density at radius 2 is 1.43 bits per heavy atom. The Labute approximate surface area is 184 Å². The lowest BCUT2D eigenvalue weighted by Crippen LogP contribution is -2.35. The molecule has 30 heavy (non-hydrogen) atoms. The van der Waals surface area contributed by atoms with E-state index in [1.54, 1.807) is 72.8 Å². The number of hydrogen-bond donors (Lipinski definition) is 1. The first-order valence-corrected chi connectivity index (χ1v) is 9.81. The Morgan fingerprint density at radius 3 is 2.10 bits per heavy atom. The van der Waals surface area contributed by atoms with E-state index < -0.39 is 11.8 Å². The SMILES string of the molecule is CN(CC(=O)Nc1ccccc1Cl)C(=O)c1ccccc1C(=O)c1ccc(Cl)cc1. The van der Waals surface area contributed by atoms with Crippen LogP contribution in [0.15, 0.2) is 72.8 Å². The van der Waals surface area contributed by atoms with E-state index in [1.807, 2.05) is 0 Å². The average Bonchev–Trinajstić information content (AvgIpc) is 2.75. The number of nitrogens with zero attached hydrogens (tertiary/aromatic N) is 1. The summed E-state index contributed by atoms with van der Waals surface area (Å²) in [5.74, 6) is -1.15. The highest BCUT2D eigenvalue weighted by molar-refractivity contribution is 6.33. The van der Waals surface area contributed by atoms with E-state index in [4.69, 9.17) is 23.2 Å². The topological polar surface area (TPSA) is 66.5 Å². The van der Waals surface area contributed by atoms with Crippen molar-refractivity contribution in [1.82, 2.24) is 4.90 Å². The molecule has 5 nitrogen and oxygen atoms in total. The van der Waals surface area contributed by atoms with Crippen LogP contribution < -0.4 is 5.32 Å². The van der Waals surface area contributed by atoms with Gasteiger partial charge in [0.15, 0.2) is 5.78 Å². The molecular weight excluding hydrogens is 423 g/mol. The summed E-state index contributed by atoms with van der Waals surface area (Å²) in [6, 6.07) is 19.8. The molecule has 0 unspecified atom stereocenters. The van der Waals surface area contributed by atoms with Crippen LogP contribution in [-0.4, -0.2) is 36.1 Å². The molecule has 3 aromatic carbocycles. The second kappa shape index (κ2) is 9.57. The van der Waals surface area contributed by atoms with Crippen molar-refractivity contribution in [3.8, 4) is 0 Å². The molecule has 0 aliphatic carbocycles. The van der Waals surface area contributed by atoms with Crippen LogP contribution in [0.2, 0.25) is 10.0 Å². The lowest BCUT2D eigenvalue weighted by atomic mass is 9.97. The number of nitrogens with one attached hydrogen (secondary N) is 1. The molecule has 0 saturated carbocycles. The van der Waals surface area contributed by atoms with Crippen LogP contribution in [0.1, 0.15) is 26.3 Å².